The predicted molar refractivity (Wildman–Crippen MR) is 102 cm³/mol. The van der Waals surface area contributed by atoms with Crippen molar-refractivity contribution in [2.24, 2.45) is 13.0 Å². The van der Waals surface area contributed by atoms with Gasteiger partial charge in [0.05, 0.1) is 0 Å². The molecule has 0 saturated heterocycles. The summed E-state index contributed by atoms with van der Waals surface area (Å²) >= 11 is 0. The fourth-order valence-electron chi connectivity index (χ4n) is 3.96. The first-order valence-corrected chi connectivity index (χ1v) is 9.70. The zero-order chi connectivity index (χ0) is 19.0. The lowest BCUT2D eigenvalue weighted by Crippen LogP contribution is -2.42. The minimum atomic E-state index is -0.175. The minimum absolute atomic E-state index is 0.175. The number of aromatic nitrogens is 2. The van der Waals surface area contributed by atoms with Gasteiger partial charge in [-0.05, 0) is 25.3 Å². The van der Waals surface area contributed by atoms with E-state index in [1.165, 1.54) is 5.56 Å². The standard InChI is InChI=1S/C21H26N4O2/c1-14-5-3-6-15(11-14)12-22-20(26)19-17-13-25(21(27)16-7-4-8-16)10-9-18(17)24(2)23-19/h3,5-6,11,16H,4,7-10,12-13H2,1-2H3,(H,22,26). The smallest absolute Gasteiger partial charge is 0.272 e. The average molecular weight is 366 g/mol. The lowest BCUT2D eigenvalue weighted by molar-refractivity contribution is -0.139. The highest BCUT2D eigenvalue weighted by atomic mass is 16.2. The summed E-state index contributed by atoms with van der Waals surface area (Å²) in [7, 11) is 1.87. The zero-order valence-electron chi connectivity index (χ0n) is 16.0. The Hall–Kier alpha value is -2.63. The van der Waals surface area contributed by atoms with Gasteiger partial charge < -0.3 is 10.2 Å². The van der Waals surface area contributed by atoms with Crippen LogP contribution in [0, 0.1) is 12.8 Å². The van der Waals surface area contributed by atoms with Crippen LogP contribution in [0.5, 0.6) is 0 Å². The van der Waals surface area contributed by atoms with E-state index in [9.17, 15) is 9.59 Å². The third-order valence-corrected chi connectivity index (χ3v) is 5.76. The van der Waals surface area contributed by atoms with E-state index in [4.69, 9.17) is 0 Å². The van der Waals surface area contributed by atoms with Crippen molar-refractivity contribution in [3.63, 3.8) is 0 Å². The number of fused-ring (bicyclic) bond motifs is 1. The summed E-state index contributed by atoms with van der Waals surface area (Å²) < 4.78 is 1.79. The summed E-state index contributed by atoms with van der Waals surface area (Å²) in [4.78, 5) is 27.3. The summed E-state index contributed by atoms with van der Waals surface area (Å²) in [6.45, 7) is 3.71. The summed E-state index contributed by atoms with van der Waals surface area (Å²) in [5.74, 6) is 0.245. The molecule has 0 atom stereocenters. The highest BCUT2D eigenvalue weighted by Crippen LogP contribution is 2.31. The molecule has 1 fully saturated rings. The van der Waals surface area contributed by atoms with Crippen LogP contribution in [0.4, 0.5) is 0 Å². The number of rotatable bonds is 4. The second-order valence-corrected chi connectivity index (χ2v) is 7.71. The van der Waals surface area contributed by atoms with Gasteiger partial charge in [-0.1, -0.05) is 36.2 Å². The summed E-state index contributed by atoms with van der Waals surface area (Å²) in [6.07, 6.45) is 3.90. The third-order valence-electron chi connectivity index (χ3n) is 5.76. The maximum absolute atomic E-state index is 12.8. The van der Waals surface area contributed by atoms with Crippen molar-refractivity contribution in [2.75, 3.05) is 6.54 Å². The van der Waals surface area contributed by atoms with Crippen LogP contribution in [-0.2, 0) is 31.4 Å². The molecule has 1 N–H and O–H groups in total. The molecule has 1 aromatic carbocycles. The average Bonchev–Trinajstić information content (AvgIpc) is 2.94. The third kappa shape index (κ3) is 3.48. The minimum Gasteiger partial charge on any atom is -0.347 e. The quantitative estimate of drug-likeness (QED) is 0.903. The van der Waals surface area contributed by atoms with E-state index in [0.717, 1.165) is 42.5 Å². The van der Waals surface area contributed by atoms with Crippen molar-refractivity contribution in [1.82, 2.24) is 20.0 Å². The predicted octanol–water partition coefficient (Wildman–Crippen LogP) is 2.34. The fraction of sp³-hybridized carbons (Fsp3) is 0.476. The van der Waals surface area contributed by atoms with Crippen LogP contribution in [0.25, 0.3) is 0 Å². The molecule has 2 amide bonds. The van der Waals surface area contributed by atoms with E-state index in [-0.39, 0.29) is 17.7 Å². The van der Waals surface area contributed by atoms with Gasteiger partial charge in [-0.15, -0.1) is 0 Å². The number of carbonyl (C=O) groups is 2. The van der Waals surface area contributed by atoms with Gasteiger partial charge in [-0.25, -0.2) is 0 Å². The van der Waals surface area contributed by atoms with Crippen LogP contribution >= 0.6 is 0 Å². The number of benzene rings is 1. The lowest BCUT2D eigenvalue weighted by Gasteiger charge is -2.34. The molecule has 2 aromatic rings. The van der Waals surface area contributed by atoms with E-state index in [2.05, 4.69) is 16.5 Å². The molecule has 1 saturated carbocycles. The Morgan fingerprint density at radius 1 is 1.30 bits per heavy atom. The number of aryl methyl sites for hydroxylation is 2. The Bertz CT molecular complexity index is 882. The molecule has 2 heterocycles. The number of nitrogens with zero attached hydrogens (tertiary/aromatic N) is 3. The van der Waals surface area contributed by atoms with Crippen LogP contribution in [0.2, 0.25) is 0 Å². The Morgan fingerprint density at radius 2 is 2.11 bits per heavy atom. The van der Waals surface area contributed by atoms with Gasteiger partial charge in [0.15, 0.2) is 5.69 Å². The van der Waals surface area contributed by atoms with E-state index < -0.39 is 0 Å². The first-order chi connectivity index (χ1) is 13.0. The molecule has 1 aliphatic carbocycles. The number of carbonyl (C=O) groups excluding carboxylic acids is 2. The zero-order valence-corrected chi connectivity index (χ0v) is 16.0. The summed E-state index contributed by atoms with van der Waals surface area (Å²) in [5.41, 5.74) is 4.65. The SMILES string of the molecule is Cc1cccc(CNC(=O)c2nn(C)c3c2CN(C(=O)C2CCC2)CC3)c1. The molecule has 142 valence electrons. The maximum Gasteiger partial charge on any atom is 0.272 e. The van der Waals surface area contributed by atoms with Crippen LogP contribution < -0.4 is 5.32 Å². The van der Waals surface area contributed by atoms with Gasteiger partial charge in [0.1, 0.15) is 0 Å². The van der Waals surface area contributed by atoms with E-state index in [1.54, 1.807) is 4.68 Å². The molecule has 27 heavy (non-hydrogen) atoms. The van der Waals surface area contributed by atoms with Crippen molar-refractivity contribution < 1.29 is 9.59 Å². The van der Waals surface area contributed by atoms with Gasteiger partial charge in [-0.3, -0.25) is 14.3 Å². The molecule has 4 rings (SSSR count). The van der Waals surface area contributed by atoms with Crippen molar-refractivity contribution in [3.05, 3.63) is 52.3 Å². The molecule has 6 heteroatoms. The first-order valence-electron chi connectivity index (χ1n) is 9.70. The molecule has 1 aliphatic heterocycles. The number of amides is 2. The van der Waals surface area contributed by atoms with E-state index in [1.807, 2.05) is 37.1 Å². The van der Waals surface area contributed by atoms with Crippen molar-refractivity contribution in [1.29, 1.82) is 0 Å². The molecule has 0 bridgehead atoms. The Labute approximate surface area is 159 Å². The Kier molecular flexibility index (Phi) is 4.72. The largest absolute Gasteiger partial charge is 0.347 e. The number of hydrogen-bond donors (Lipinski definition) is 1. The summed E-state index contributed by atoms with van der Waals surface area (Å²) in [5, 5.41) is 7.44. The topological polar surface area (TPSA) is 67.2 Å². The van der Waals surface area contributed by atoms with Gasteiger partial charge >= 0.3 is 0 Å². The maximum atomic E-state index is 12.8. The van der Waals surface area contributed by atoms with Crippen LogP contribution in [-0.4, -0.2) is 33.0 Å². The molecule has 2 aliphatic rings. The Morgan fingerprint density at radius 3 is 2.81 bits per heavy atom. The highest BCUT2D eigenvalue weighted by Gasteiger charge is 2.34. The molecular weight excluding hydrogens is 340 g/mol. The van der Waals surface area contributed by atoms with Crippen molar-refractivity contribution in [3.8, 4) is 0 Å². The molecule has 6 nitrogen and oxygen atoms in total. The number of nitrogens with one attached hydrogen (secondary N) is 1. The monoisotopic (exact) mass is 366 g/mol. The second kappa shape index (κ2) is 7.18. The van der Waals surface area contributed by atoms with Gasteiger partial charge in [0.2, 0.25) is 5.91 Å². The molecule has 1 aromatic heterocycles. The van der Waals surface area contributed by atoms with Crippen LogP contribution in [0.1, 0.15) is 52.1 Å². The van der Waals surface area contributed by atoms with Crippen LogP contribution in [0.15, 0.2) is 24.3 Å². The molecule has 0 unspecified atom stereocenters. The highest BCUT2D eigenvalue weighted by molar-refractivity contribution is 5.94. The van der Waals surface area contributed by atoms with Gasteiger partial charge in [-0.2, -0.15) is 5.10 Å². The molecule has 0 spiro atoms. The van der Waals surface area contributed by atoms with Gasteiger partial charge in [0, 0.05) is 50.3 Å². The van der Waals surface area contributed by atoms with Crippen molar-refractivity contribution >= 4 is 11.8 Å². The first kappa shape index (κ1) is 17.8. The molecule has 0 radical (unpaired) electrons. The van der Waals surface area contributed by atoms with E-state index >= 15 is 0 Å². The van der Waals surface area contributed by atoms with Crippen molar-refractivity contribution in [2.45, 2.75) is 45.7 Å². The summed E-state index contributed by atoms with van der Waals surface area (Å²) in [6, 6.07) is 8.09. The normalized spacial score (nSPS) is 16.6. The van der Waals surface area contributed by atoms with Gasteiger partial charge in [0.25, 0.3) is 5.91 Å². The number of hydrogen-bond acceptors (Lipinski definition) is 3. The molecular formula is C21H26N4O2. The van der Waals surface area contributed by atoms with E-state index in [0.29, 0.717) is 25.3 Å². The Balaban J connectivity index is 1.49. The second-order valence-electron chi connectivity index (χ2n) is 7.71. The van der Waals surface area contributed by atoms with Crippen LogP contribution in [0.3, 0.4) is 0 Å². The lowest BCUT2D eigenvalue weighted by atomic mass is 9.84. The fourth-order valence-corrected chi connectivity index (χ4v) is 3.96.